The predicted octanol–water partition coefficient (Wildman–Crippen LogP) is 6.64. The third-order valence-electron chi connectivity index (χ3n) is 6.64. The molecule has 2 unspecified atom stereocenters. The molecule has 5 rings (SSSR count). The lowest BCUT2D eigenvalue weighted by Gasteiger charge is -2.37. The normalized spacial score (nSPS) is 19.6. The number of fused-ring (bicyclic) bond motifs is 3. The summed E-state index contributed by atoms with van der Waals surface area (Å²) in [7, 11) is 0. The number of amides is 2. The Bertz CT molecular complexity index is 1250. The lowest BCUT2D eigenvalue weighted by Crippen LogP contribution is -2.50. The van der Waals surface area contributed by atoms with Gasteiger partial charge in [0.05, 0.1) is 0 Å². The van der Waals surface area contributed by atoms with Gasteiger partial charge in [-0.2, -0.15) is 0 Å². The van der Waals surface area contributed by atoms with Crippen LogP contribution < -0.4 is 10.2 Å². The summed E-state index contributed by atoms with van der Waals surface area (Å²) < 4.78 is 0. The third-order valence-corrected chi connectivity index (χ3v) is 7.33. The minimum Gasteiger partial charge on any atom is -0.334 e. The average Bonchev–Trinajstić information content (AvgIpc) is 3.17. The van der Waals surface area contributed by atoms with Gasteiger partial charge >= 0.3 is 6.03 Å². The van der Waals surface area contributed by atoms with Crippen molar-refractivity contribution in [2.75, 3.05) is 24.5 Å². The number of piperidine rings is 1. The average molecular weight is 528 g/mol. The molecule has 5 nitrogen and oxygen atoms in total. The lowest BCUT2D eigenvalue weighted by atomic mass is 9.89. The summed E-state index contributed by atoms with van der Waals surface area (Å²) in [5.74, 6) is 0.211. The van der Waals surface area contributed by atoms with Crippen LogP contribution in [0.1, 0.15) is 29.0 Å². The molecule has 180 valence electrons. The Labute approximate surface area is 220 Å². The van der Waals surface area contributed by atoms with E-state index in [1.54, 1.807) is 12.3 Å². The number of carbonyl (C=O) groups is 1. The first-order valence-electron chi connectivity index (χ1n) is 11.6. The van der Waals surface area contributed by atoms with E-state index in [2.05, 4.69) is 27.4 Å². The maximum absolute atomic E-state index is 13.3. The van der Waals surface area contributed by atoms with Crippen molar-refractivity contribution in [2.45, 2.75) is 24.9 Å². The monoisotopic (exact) mass is 526 g/mol. The summed E-state index contributed by atoms with van der Waals surface area (Å²) in [4.78, 5) is 21.7. The Morgan fingerprint density at radius 1 is 1.06 bits per heavy atom. The van der Waals surface area contributed by atoms with Gasteiger partial charge in [0, 0.05) is 60.1 Å². The largest absolute Gasteiger partial charge is 0.334 e. The van der Waals surface area contributed by atoms with Gasteiger partial charge < -0.3 is 5.32 Å². The molecule has 0 aliphatic carbocycles. The molecule has 1 N–H and O–H groups in total. The number of rotatable bonds is 5. The zero-order chi connectivity index (χ0) is 24.4. The number of aromatic nitrogens is 1. The summed E-state index contributed by atoms with van der Waals surface area (Å²) in [6.07, 6.45) is 6.83. The lowest BCUT2D eigenvalue weighted by molar-refractivity contribution is 0.205. The molecule has 2 atom stereocenters. The highest BCUT2D eigenvalue weighted by Gasteiger charge is 2.44. The van der Waals surface area contributed by atoms with Crippen LogP contribution in [0.15, 0.2) is 66.9 Å². The molecule has 0 spiro atoms. The maximum atomic E-state index is 13.3. The Morgan fingerprint density at radius 2 is 1.86 bits per heavy atom. The first kappa shape index (κ1) is 24.1. The highest BCUT2D eigenvalue weighted by Crippen LogP contribution is 2.45. The van der Waals surface area contributed by atoms with Gasteiger partial charge in [0.15, 0.2) is 0 Å². The van der Waals surface area contributed by atoms with Gasteiger partial charge in [0.25, 0.3) is 0 Å². The van der Waals surface area contributed by atoms with E-state index in [0.717, 1.165) is 53.5 Å². The number of pyridine rings is 1. The molecule has 0 radical (unpaired) electrons. The van der Waals surface area contributed by atoms with Crippen molar-refractivity contribution >= 4 is 52.6 Å². The van der Waals surface area contributed by atoms with Gasteiger partial charge in [-0.15, -0.1) is 0 Å². The van der Waals surface area contributed by atoms with E-state index in [1.165, 1.54) is 0 Å². The Morgan fingerprint density at radius 3 is 2.66 bits per heavy atom. The summed E-state index contributed by atoms with van der Waals surface area (Å²) in [5.41, 5.74) is 4.11. The number of nitrogens with one attached hydrogen (secondary N) is 1. The first-order valence-corrected chi connectivity index (χ1v) is 12.7. The fraction of sp³-hybridized carbons (Fsp3) is 0.259. The summed E-state index contributed by atoms with van der Waals surface area (Å²) in [5, 5.41) is 4.90. The molecule has 3 heterocycles. The van der Waals surface area contributed by atoms with Crippen LogP contribution in [0.5, 0.6) is 0 Å². The summed E-state index contributed by atoms with van der Waals surface area (Å²) >= 11 is 18.3. The third kappa shape index (κ3) is 5.49. The molecule has 2 amide bonds. The zero-order valence-electron chi connectivity index (χ0n) is 19.0. The van der Waals surface area contributed by atoms with Crippen molar-refractivity contribution < 1.29 is 4.79 Å². The van der Waals surface area contributed by atoms with Crippen LogP contribution in [-0.2, 0) is 6.54 Å². The van der Waals surface area contributed by atoms with Crippen molar-refractivity contribution in [1.82, 2.24) is 15.2 Å². The molecular weight excluding hydrogens is 503 g/mol. The van der Waals surface area contributed by atoms with Crippen molar-refractivity contribution in [2.24, 2.45) is 0 Å². The Kier molecular flexibility index (Phi) is 7.30. The van der Waals surface area contributed by atoms with Crippen molar-refractivity contribution in [3.63, 3.8) is 0 Å². The molecule has 2 aromatic carbocycles. The Balaban J connectivity index is 1.29. The molecule has 35 heavy (non-hydrogen) atoms. The summed E-state index contributed by atoms with van der Waals surface area (Å²) in [6.45, 7) is 3.01. The second-order valence-electron chi connectivity index (χ2n) is 8.89. The molecule has 3 aromatic rings. The van der Waals surface area contributed by atoms with Gasteiger partial charge in [0.1, 0.15) is 5.15 Å². The smallest absolute Gasteiger partial charge is 0.322 e. The molecule has 8 heteroatoms. The van der Waals surface area contributed by atoms with Gasteiger partial charge in [-0.1, -0.05) is 59.1 Å². The van der Waals surface area contributed by atoms with E-state index >= 15 is 0 Å². The quantitative estimate of drug-likeness (QED) is 0.378. The Hall–Kier alpha value is -2.57. The summed E-state index contributed by atoms with van der Waals surface area (Å²) in [6, 6.07) is 17.2. The standard InChI is InChI=1S/C27H25Cl3N4O/c28-20-5-3-18(4-6-20)2-1-12-33-13-10-25-23(17-33)22-15-21(29)7-8-24(22)34(25)27(35)32-16-19-9-11-31-26(30)14-19/h1-9,11,14-15,23,25H,10,12-13,16-17H2,(H,32,35)/b2-1+. The second kappa shape index (κ2) is 10.6. The van der Waals surface area contributed by atoms with Crippen LogP contribution in [0, 0.1) is 0 Å². The predicted molar refractivity (Wildman–Crippen MR) is 143 cm³/mol. The number of hydrogen-bond acceptors (Lipinski definition) is 3. The number of urea groups is 1. The molecular formula is C27H25Cl3N4O. The fourth-order valence-corrected chi connectivity index (χ4v) is 5.50. The van der Waals surface area contributed by atoms with E-state index in [1.807, 2.05) is 53.4 Å². The number of carbonyl (C=O) groups excluding carboxylic acids is 1. The molecule has 1 saturated heterocycles. The highest BCUT2D eigenvalue weighted by molar-refractivity contribution is 6.31. The van der Waals surface area contributed by atoms with Crippen molar-refractivity contribution in [3.05, 3.63) is 98.8 Å². The van der Waals surface area contributed by atoms with Crippen molar-refractivity contribution in [3.8, 4) is 0 Å². The number of nitrogens with zero attached hydrogens (tertiary/aromatic N) is 3. The number of benzene rings is 2. The van der Waals surface area contributed by atoms with E-state index in [0.29, 0.717) is 16.7 Å². The maximum Gasteiger partial charge on any atom is 0.322 e. The van der Waals surface area contributed by atoms with Gasteiger partial charge in [-0.05, 0) is 65.6 Å². The second-order valence-corrected chi connectivity index (χ2v) is 10.2. The van der Waals surface area contributed by atoms with Crippen LogP contribution in [-0.4, -0.2) is 41.6 Å². The minimum atomic E-state index is -0.106. The van der Waals surface area contributed by atoms with Crippen LogP contribution in [0.3, 0.4) is 0 Å². The van der Waals surface area contributed by atoms with E-state index in [4.69, 9.17) is 34.8 Å². The fourth-order valence-electron chi connectivity index (χ4n) is 5.00. The molecule has 0 bridgehead atoms. The zero-order valence-corrected chi connectivity index (χ0v) is 21.3. The van der Waals surface area contributed by atoms with E-state index in [-0.39, 0.29) is 18.0 Å². The van der Waals surface area contributed by atoms with Gasteiger partial charge in [-0.25, -0.2) is 9.78 Å². The van der Waals surface area contributed by atoms with Crippen LogP contribution in [0.2, 0.25) is 15.2 Å². The molecule has 1 aromatic heterocycles. The SMILES string of the molecule is O=C(NCc1ccnc(Cl)c1)N1c2ccc(Cl)cc2C2CN(C/C=C/c3ccc(Cl)cc3)CCC21. The first-order chi connectivity index (χ1) is 17.0. The van der Waals surface area contributed by atoms with E-state index in [9.17, 15) is 4.79 Å². The number of likely N-dealkylation sites (tertiary alicyclic amines) is 1. The number of halogens is 3. The minimum absolute atomic E-state index is 0.0981. The topological polar surface area (TPSA) is 48.5 Å². The van der Waals surface area contributed by atoms with Crippen LogP contribution in [0.25, 0.3) is 6.08 Å². The number of anilines is 1. The van der Waals surface area contributed by atoms with Crippen molar-refractivity contribution in [1.29, 1.82) is 0 Å². The molecule has 1 fully saturated rings. The van der Waals surface area contributed by atoms with Gasteiger partial charge in [0.2, 0.25) is 0 Å². The van der Waals surface area contributed by atoms with Gasteiger partial charge in [-0.3, -0.25) is 9.80 Å². The molecule has 2 aliphatic rings. The number of hydrogen-bond donors (Lipinski definition) is 1. The molecule has 2 aliphatic heterocycles. The highest BCUT2D eigenvalue weighted by atomic mass is 35.5. The van der Waals surface area contributed by atoms with E-state index < -0.39 is 0 Å². The van der Waals surface area contributed by atoms with Crippen LogP contribution >= 0.6 is 34.8 Å². The van der Waals surface area contributed by atoms with Crippen LogP contribution in [0.4, 0.5) is 10.5 Å². The molecule has 0 saturated carbocycles.